The first kappa shape index (κ1) is 26.2. The van der Waals surface area contributed by atoms with Crippen molar-refractivity contribution in [3.63, 3.8) is 0 Å². The summed E-state index contributed by atoms with van der Waals surface area (Å²) in [7, 11) is -1.37. The molecule has 3 rings (SSSR count). The van der Waals surface area contributed by atoms with Crippen LogP contribution in [-0.2, 0) is 0 Å². The number of rotatable bonds is 8. The molecule has 0 bridgehead atoms. The van der Waals surface area contributed by atoms with Gasteiger partial charge in [0.25, 0.3) is 0 Å². The molecule has 0 atom stereocenters. The summed E-state index contributed by atoms with van der Waals surface area (Å²) in [5, 5.41) is 1.54. The Kier molecular flexibility index (Phi) is 10.5. The fourth-order valence-electron chi connectivity index (χ4n) is 4.01. The molecular formula is C34H36Si. The molecule has 0 fully saturated rings. The van der Waals surface area contributed by atoms with E-state index in [9.17, 15) is 0 Å². The van der Waals surface area contributed by atoms with Crippen LogP contribution in [0, 0.1) is 35.5 Å². The fourth-order valence-corrected chi connectivity index (χ4v) is 6.50. The van der Waals surface area contributed by atoms with Crippen molar-refractivity contribution in [1.29, 1.82) is 0 Å². The minimum Gasteiger partial charge on any atom is -0.0654 e. The van der Waals surface area contributed by atoms with Crippen LogP contribution in [0.1, 0.15) is 67.7 Å². The van der Waals surface area contributed by atoms with Crippen molar-refractivity contribution in [1.82, 2.24) is 0 Å². The van der Waals surface area contributed by atoms with Gasteiger partial charge >= 0.3 is 0 Å². The average molecular weight is 473 g/mol. The molecule has 0 aliphatic heterocycles. The van der Waals surface area contributed by atoms with Gasteiger partial charge in [-0.3, -0.25) is 0 Å². The van der Waals surface area contributed by atoms with Gasteiger partial charge in [-0.15, -0.1) is 0 Å². The molecule has 3 aromatic carbocycles. The minimum absolute atomic E-state index is 0.944. The first-order valence-corrected chi connectivity index (χ1v) is 16.1. The standard InChI is InChI=1S/C34H36Si/c1-4-5-6-7-8-14-29-35(2,3)34-27-25-33(26-28-34)24-23-32-21-19-31(20-22-32)18-13-12-17-30-15-10-9-11-16-30/h9-11,15-16,19-22,25-28H,4-8,14,29H2,1-3H3. The smallest absolute Gasteiger partial charge is 0.0654 e. The van der Waals surface area contributed by atoms with E-state index in [1.54, 1.807) is 0 Å². The lowest BCUT2D eigenvalue weighted by atomic mass is 10.1. The van der Waals surface area contributed by atoms with Crippen LogP contribution in [0.2, 0.25) is 19.1 Å². The highest BCUT2D eigenvalue weighted by atomic mass is 28.3. The SMILES string of the molecule is CCCCCCCC[Si](C)(C)c1ccc(C#Cc2ccc(C#CC#Cc3ccccc3)cc2)cc1. The van der Waals surface area contributed by atoms with E-state index < -0.39 is 8.07 Å². The Morgan fingerprint density at radius 2 is 0.971 bits per heavy atom. The average Bonchev–Trinajstić information content (AvgIpc) is 2.89. The zero-order valence-corrected chi connectivity index (χ0v) is 22.5. The van der Waals surface area contributed by atoms with Crippen LogP contribution < -0.4 is 5.19 Å². The van der Waals surface area contributed by atoms with E-state index in [4.69, 9.17) is 0 Å². The van der Waals surface area contributed by atoms with Gasteiger partial charge in [0.05, 0.1) is 8.07 Å². The molecule has 0 unspecified atom stereocenters. The summed E-state index contributed by atoms with van der Waals surface area (Å²) in [6.45, 7) is 7.27. The molecule has 0 amide bonds. The van der Waals surface area contributed by atoms with Crippen LogP contribution in [0.3, 0.4) is 0 Å². The predicted molar refractivity (Wildman–Crippen MR) is 154 cm³/mol. The van der Waals surface area contributed by atoms with Gasteiger partial charge in [-0.25, -0.2) is 0 Å². The first-order chi connectivity index (χ1) is 17.1. The Balaban J connectivity index is 1.53. The maximum atomic E-state index is 3.31. The third kappa shape index (κ3) is 9.37. The Morgan fingerprint density at radius 1 is 0.514 bits per heavy atom. The fraction of sp³-hybridized carbons (Fsp3) is 0.294. The summed E-state index contributed by atoms with van der Waals surface area (Å²) in [5.41, 5.74) is 3.98. The highest BCUT2D eigenvalue weighted by Crippen LogP contribution is 2.17. The summed E-state index contributed by atoms with van der Waals surface area (Å²) < 4.78 is 0. The van der Waals surface area contributed by atoms with E-state index in [1.165, 1.54) is 49.8 Å². The van der Waals surface area contributed by atoms with E-state index >= 15 is 0 Å². The lowest BCUT2D eigenvalue weighted by molar-refractivity contribution is 0.623. The molecule has 0 aromatic heterocycles. The van der Waals surface area contributed by atoms with Gasteiger partial charge < -0.3 is 0 Å². The van der Waals surface area contributed by atoms with Crippen LogP contribution in [0.15, 0.2) is 78.9 Å². The molecule has 176 valence electrons. The van der Waals surface area contributed by atoms with Crippen LogP contribution in [0.4, 0.5) is 0 Å². The van der Waals surface area contributed by atoms with Crippen molar-refractivity contribution < 1.29 is 0 Å². The van der Waals surface area contributed by atoms with Crippen molar-refractivity contribution >= 4 is 13.3 Å². The molecule has 1 heteroatoms. The van der Waals surface area contributed by atoms with E-state index in [-0.39, 0.29) is 0 Å². The lowest BCUT2D eigenvalue weighted by Crippen LogP contribution is -2.40. The lowest BCUT2D eigenvalue weighted by Gasteiger charge is -2.23. The Bertz CT molecular complexity index is 1230. The summed E-state index contributed by atoms with van der Waals surface area (Å²) in [5.74, 6) is 18.6. The molecule has 0 saturated carbocycles. The molecular weight excluding hydrogens is 436 g/mol. The van der Waals surface area contributed by atoms with E-state index in [0.29, 0.717) is 0 Å². The normalized spacial score (nSPS) is 10.3. The molecule has 0 N–H and O–H groups in total. The van der Waals surface area contributed by atoms with Crippen LogP contribution in [0.5, 0.6) is 0 Å². The van der Waals surface area contributed by atoms with Crippen molar-refractivity contribution in [2.24, 2.45) is 0 Å². The quantitative estimate of drug-likeness (QED) is 0.178. The molecule has 0 aliphatic carbocycles. The number of hydrogen-bond acceptors (Lipinski definition) is 0. The largest absolute Gasteiger partial charge is 0.0806 e. The summed E-state index contributed by atoms with van der Waals surface area (Å²) >= 11 is 0. The first-order valence-electron chi connectivity index (χ1n) is 12.9. The van der Waals surface area contributed by atoms with E-state index in [1.807, 2.05) is 54.6 Å². The third-order valence-electron chi connectivity index (χ3n) is 6.31. The minimum atomic E-state index is -1.37. The maximum Gasteiger partial charge on any atom is 0.0806 e. The molecule has 35 heavy (non-hydrogen) atoms. The highest BCUT2D eigenvalue weighted by molar-refractivity contribution is 6.89. The second-order valence-electron chi connectivity index (χ2n) is 9.67. The molecule has 0 radical (unpaired) electrons. The van der Waals surface area contributed by atoms with Gasteiger partial charge in [0.2, 0.25) is 0 Å². The summed E-state index contributed by atoms with van der Waals surface area (Å²) in [4.78, 5) is 0. The Hall–Kier alpha value is -3.44. The number of benzene rings is 3. The second-order valence-corrected chi connectivity index (χ2v) is 14.5. The maximum absolute atomic E-state index is 3.31. The molecule has 0 spiro atoms. The van der Waals surface area contributed by atoms with E-state index in [2.05, 4.69) is 79.8 Å². The summed E-state index contributed by atoms with van der Waals surface area (Å²) in [6, 6.07) is 28.3. The van der Waals surface area contributed by atoms with Gasteiger partial charge in [-0.2, -0.15) is 0 Å². The molecule has 0 nitrogen and oxygen atoms in total. The van der Waals surface area contributed by atoms with Crippen molar-refractivity contribution in [2.75, 3.05) is 0 Å². The zero-order valence-electron chi connectivity index (χ0n) is 21.5. The predicted octanol–water partition coefficient (Wildman–Crippen LogP) is 7.77. The van der Waals surface area contributed by atoms with Gasteiger partial charge in [0, 0.05) is 22.3 Å². The van der Waals surface area contributed by atoms with Gasteiger partial charge in [-0.05, 0) is 60.4 Å². The Labute approximate surface area is 214 Å². The van der Waals surface area contributed by atoms with Crippen LogP contribution in [-0.4, -0.2) is 8.07 Å². The highest BCUT2D eigenvalue weighted by Gasteiger charge is 2.22. The van der Waals surface area contributed by atoms with Gasteiger partial charge in [-0.1, -0.05) is 124 Å². The van der Waals surface area contributed by atoms with Crippen LogP contribution >= 0.6 is 0 Å². The van der Waals surface area contributed by atoms with Crippen molar-refractivity contribution in [3.8, 4) is 35.5 Å². The zero-order chi connectivity index (χ0) is 24.8. The molecule has 0 heterocycles. The summed E-state index contributed by atoms with van der Waals surface area (Å²) in [6.07, 6.45) is 8.23. The second kappa shape index (κ2) is 14.1. The van der Waals surface area contributed by atoms with Gasteiger partial charge in [0.15, 0.2) is 0 Å². The molecule has 0 aliphatic rings. The van der Waals surface area contributed by atoms with E-state index in [0.717, 1.165) is 22.3 Å². The topological polar surface area (TPSA) is 0 Å². The van der Waals surface area contributed by atoms with Crippen molar-refractivity contribution in [2.45, 2.75) is 64.6 Å². The Morgan fingerprint density at radius 3 is 1.54 bits per heavy atom. The van der Waals surface area contributed by atoms with Crippen LogP contribution in [0.25, 0.3) is 0 Å². The van der Waals surface area contributed by atoms with Crippen molar-refractivity contribution in [3.05, 3.63) is 101 Å². The third-order valence-corrected chi connectivity index (χ3v) is 9.81. The monoisotopic (exact) mass is 472 g/mol. The molecule has 3 aromatic rings. The van der Waals surface area contributed by atoms with Gasteiger partial charge in [0.1, 0.15) is 0 Å². The molecule has 0 saturated heterocycles. The number of unbranched alkanes of at least 4 members (excludes halogenated alkanes) is 5. The number of hydrogen-bond donors (Lipinski definition) is 0.